The topological polar surface area (TPSA) is 65.5 Å². The molecule has 1 fully saturated rings. The maximum absolute atomic E-state index is 12.5. The lowest BCUT2D eigenvalue weighted by molar-refractivity contribution is 0.102. The number of nitrogens with one attached hydrogen (secondary N) is 1. The van der Waals surface area contributed by atoms with E-state index in [2.05, 4.69) is 15.2 Å². The molecule has 2 aromatic rings. The van der Waals surface area contributed by atoms with Crippen molar-refractivity contribution in [2.24, 2.45) is 0 Å². The number of amides is 1. The van der Waals surface area contributed by atoms with E-state index in [1.807, 2.05) is 38.1 Å². The molecule has 0 atom stereocenters. The van der Waals surface area contributed by atoms with Crippen LogP contribution in [0, 0.1) is 13.8 Å². The van der Waals surface area contributed by atoms with Crippen molar-refractivity contribution in [3.63, 3.8) is 0 Å². The number of benzene rings is 1. The third kappa shape index (κ3) is 3.54. The zero-order chi connectivity index (χ0) is 16.4. The van der Waals surface area contributed by atoms with Crippen LogP contribution in [0.4, 0.5) is 11.4 Å². The number of aryl methyl sites for hydroxylation is 2. The fraction of sp³-hybridized carbons (Fsp3) is 0.412. The molecule has 0 aliphatic carbocycles. The number of aromatic nitrogens is 1. The lowest BCUT2D eigenvalue weighted by atomic mass is 10.1. The highest BCUT2D eigenvalue weighted by Gasteiger charge is 2.21. The monoisotopic (exact) mass is 331 g/mol. The minimum absolute atomic E-state index is 0.113. The molecule has 0 bridgehead atoms. The van der Waals surface area contributed by atoms with E-state index in [0.29, 0.717) is 4.88 Å². The van der Waals surface area contributed by atoms with E-state index >= 15 is 0 Å². The van der Waals surface area contributed by atoms with Gasteiger partial charge in [-0.2, -0.15) is 0 Å². The highest BCUT2D eigenvalue weighted by molar-refractivity contribution is 7.13. The van der Waals surface area contributed by atoms with Gasteiger partial charge >= 0.3 is 0 Å². The maximum Gasteiger partial charge on any atom is 0.267 e. The summed E-state index contributed by atoms with van der Waals surface area (Å²) in [4.78, 5) is 19.7. The molecule has 0 unspecified atom stereocenters. The van der Waals surface area contributed by atoms with Crippen LogP contribution in [0.3, 0.4) is 0 Å². The number of thiazole rings is 1. The summed E-state index contributed by atoms with van der Waals surface area (Å²) in [5.41, 5.74) is 2.58. The van der Waals surface area contributed by atoms with Crippen molar-refractivity contribution in [2.45, 2.75) is 32.8 Å². The lowest BCUT2D eigenvalue weighted by Gasteiger charge is -2.32. The highest BCUT2D eigenvalue weighted by Crippen LogP contribution is 2.29. The summed E-state index contributed by atoms with van der Waals surface area (Å²) >= 11 is 1.41. The maximum atomic E-state index is 12.5. The van der Waals surface area contributed by atoms with E-state index in [-0.39, 0.29) is 12.0 Å². The number of rotatable bonds is 3. The van der Waals surface area contributed by atoms with Crippen molar-refractivity contribution >= 4 is 28.6 Å². The number of carbonyl (C=O) groups excluding carboxylic acids is 1. The summed E-state index contributed by atoms with van der Waals surface area (Å²) in [5.74, 6) is -0.113. The molecular weight excluding hydrogens is 310 g/mol. The minimum Gasteiger partial charge on any atom is -0.393 e. The number of piperidine rings is 1. The van der Waals surface area contributed by atoms with Crippen LogP contribution in [0.15, 0.2) is 24.3 Å². The predicted molar refractivity (Wildman–Crippen MR) is 93.4 cm³/mol. The summed E-state index contributed by atoms with van der Waals surface area (Å²) in [5, 5.41) is 13.6. The van der Waals surface area contributed by atoms with Crippen LogP contribution in [0.2, 0.25) is 0 Å². The smallest absolute Gasteiger partial charge is 0.267 e. The Hall–Kier alpha value is -1.92. The molecule has 0 saturated carbocycles. The average Bonchev–Trinajstić information content (AvgIpc) is 2.87. The third-order valence-corrected chi connectivity index (χ3v) is 5.14. The Labute approximate surface area is 140 Å². The van der Waals surface area contributed by atoms with Gasteiger partial charge in [0.15, 0.2) is 0 Å². The quantitative estimate of drug-likeness (QED) is 0.907. The second kappa shape index (κ2) is 6.68. The van der Waals surface area contributed by atoms with Gasteiger partial charge in [0.2, 0.25) is 0 Å². The molecular formula is C17H21N3O2S. The van der Waals surface area contributed by atoms with Gasteiger partial charge in [0.05, 0.1) is 28.2 Å². The van der Waals surface area contributed by atoms with Gasteiger partial charge in [-0.05, 0) is 38.8 Å². The molecule has 1 aromatic heterocycles. The summed E-state index contributed by atoms with van der Waals surface area (Å²) in [7, 11) is 0. The van der Waals surface area contributed by atoms with Crippen LogP contribution in [-0.2, 0) is 0 Å². The number of para-hydroxylation sites is 2. The number of hydrogen-bond donors (Lipinski definition) is 2. The Bertz CT molecular complexity index is 706. The van der Waals surface area contributed by atoms with Crippen molar-refractivity contribution in [2.75, 3.05) is 23.3 Å². The second-order valence-electron chi connectivity index (χ2n) is 5.84. The molecule has 1 aliphatic rings. The fourth-order valence-electron chi connectivity index (χ4n) is 2.88. The molecule has 1 amide bonds. The number of hydrogen-bond acceptors (Lipinski definition) is 5. The van der Waals surface area contributed by atoms with Gasteiger partial charge in [-0.25, -0.2) is 4.98 Å². The summed E-state index contributed by atoms with van der Waals surface area (Å²) in [6.45, 7) is 5.36. The zero-order valence-corrected chi connectivity index (χ0v) is 14.2. The van der Waals surface area contributed by atoms with Crippen LogP contribution < -0.4 is 10.2 Å². The molecule has 0 radical (unpaired) electrons. The number of carbonyl (C=O) groups is 1. The summed E-state index contributed by atoms with van der Waals surface area (Å²) in [6, 6.07) is 7.82. The Morgan fingerprint density at radius 1 is 1.30 bits per heavy atom. The third-order valence-electron chi connectivity index (χ3n) is 4.07. The van der Waals surface area contributed by atoms with E-state index in [0.717, 1.165) is 48.0 Å². The number of aliphatic hydroxyl groups is 1. The molecule has 122 valence electrons. The average molecular weight is 331 g/mol. The number of aliphatic hydroxyl groups excluding tert-OH is 1. The fourth-order valence-corrected chi connectivity index (χ4v) is 3.70. The first-order valence-electron chi connectivity index (χ1n) is 7.82. The van der Waals surface area contributed by atoms with Gasteiger partial charge in [0.25, 0.3) is 5.91 Å². The predicted octanol–water partition coefficient (Wildman–Crippen LogP) is 2.97. The van der Waals surface area contributed by atoms with Crippen LogP contribution in [0.5, 0.6) is 0 Å². The van der Waals surface area contributed by atoms with E-state index in [1.54, 1.807) is 0 Å². The zero-order valence-electron chi connectivity index (χ0n) is 13.4. The van der Waals surface area contributed by atoms with Crippen LogP contribution in [0.25, 0.3) is 0 Å². The van der Waals surface area contributed by atoms with Gasteiger partial charge in [-0.15, -0.1) is 11.3 Å². The first-order valence-corrected chi connectivity index (χ1v) is 8.63. The van der Waals surface area contributed by atoms with Gasteiger partial charge in [0, 0.05) is 13.1 Å². The van der Waals surface area contributed by atoms with Gasteiger partial charge in [0.1, 0.15) is 4.88 Å². The van der Waals surface area contributed by atoms with Gasteiger partial charge in [-0.3, -0.25) is 4.79 Å². The molecule has 0 spiro atoms. The number of nitrogens with zero attached hydrogens (tertiary/aromatic N) is 2. The summed E-state index contributed by atoms with van der Waals surface area (Å²) in [6.07, 6.45) is 1.31. The molecule has 1 aromatic carbocycles. The van der Waals surface area contributed by atoms with E-state index in [4.69, 9.17) is 0 Å². The van der Waals surface area contributed by atoms with Crippen molar-refractivity contribution in [1.29, 1.82) is 0 Å². The Morgan fingerprint density at radius 2 is 2.00 bits per heavy atom. The normalized spacial score (nSPS) is 15.7. The van der Waals surface area contributed by atoms with Gasteiger partial charge < -0.3 is 15.3 Å². The van der Waals surface area contributed by atoms with Crippen molar-refractivity contribution in [1.82, 2.24) is 4.98 Å². The van der Waals surface area contributed by atoms with Crippen molar-refractivity contribution < 1.29 is 9.90 Å². The standard InChI is InChI=1S/C17H21N3O2S/c1-11-16(23-12(2)18-11)17(22)19-14-5-3-4-6-15(14)20-9-7-13(21)8-10-20/h3-6,13,21H,7-10H2,1-2H3,(H,19,22). The lowest BCUT2D eigenvalue weighted by Crippen LogP contribution is -2.36. The first kappa shape index (κ1) is 16.0. The number of anilines is 2. The SMILES string of the molecule is Cc1nc(C)c(C(=O)Nc2ccccc2N2CCC(O)CC2)s1. The molecule has 2 N–H and O–H groups in total. The second-order valence-corrected chi connectivity index (χ2v) is 7.04. The molecule has 23 heavy (non-hydrogen) atoms. The van der Waals surface area contributed by atoms with Crippen molar-refractivity contribution in [3.8, 4) is 0 Å². The Balaban J connectivity index is 1.80. The highest BCUT2D eigenvalue weighted by atomic mass is 32.1. The van der Waals surface area contributed by atoms with E-state index in [1.165, 1.54) is 11.3 Å². The first-order chi connectivity index (χ1) is 11.0. The minimum atomic E-state index is -0.212. The molecule has 1 saturated heterocycles. The molecule has 3 rings (SSSR count). The Kier molecular flexibility index (Phi) is 4.63. The van der Waals surface area contributed by atoms with Crippen LogP contribution in [-0.4, -0.2) is 35.2 Å². The Morgan fingerprint density at radius 3 is 2.65 bits per heavy atom. The van der Waals surface area contributed by atoms with E-state index < -0.39 is 0 Å². The molecule has 2 heterocycles. The van der Waals surface area contributed by atoms with Crippen molar-refractivity contribution in [3.05, 3.63) is 39.8 Å². The largest absolute Gasteiger partial charge is 0.393 e. The van der Waals surface area contributed by atoms with Crippen LogP contribution in [0.1, 0.15) is 33.2 Å². The molecule has 6 heteroatoms. The van der Waals surface area contributed by atoms with Crippen LogP contribution >= 0.6 is 11.3 Å². The summed E-state index contributed by atoms with van der Waals surface area (Å²) < 4.78 is 0. The molecule has 5 nitrogen and oxygen atoms in total. The molecule has 1 aliphatic heterocycles. The van der Waals surface area contributed by atoms with Gasteiger partial charge in [-0.1, -0.05) is 12.1 Å². The van der Waals surface area contributed by atoms with E-state index in [9.17, 15) is 9.90 Å².